The molecule has 0 amide bonds. The van der Waals surface area contributed by atoms with Crippen LogP contribution in [0.5, 0.6) is 34.5 Å². The number of hydrogen-bond acceptors (Lipinski definition) is 8. The van der Waals surface area contributed by atoms with Gasteiger partial charge in [0.2, 0.25) is 5.75 Å². The number of anilines is 1. The molecule has 204 valence electrons. The van der Waals surface area contributed by atoms with Gasteiger partial charge in [0, 0.05) is 52.5 Å². The summed E-state index contributed by atoms with van der Waals surface area (Å²) < 4.78 is 23.6. The van der Waals surface area contributed by atoms with Crippen molar-refractivity contribution < 1.29 is 34.3 Å². The minimum Gasteiger partial charge on any atom is -0.507 e. The highest BCUT2D eigenvalue weighted by Gasteiger charge is 2.39. The number of fused-ring (bicyclic) bond motifs is 2. The summed E-state index contributed by atoms with van der Waals surface area (Å²) in [6.45, 7) is 0.783. The maximum absolute atomic E-state index is 11.9. The summed E-state index contributed by atoms with van der Waals surface area (Å²) in [5, 5.41) is 36.9. The van der Waals surface area contributed by atoms with E-state index in [4.69, 9.17) is 18.9 Å². The first-order valence-corrected chi connectivity index (χ1v) is 13.7. The zero-order valence-electron chi connectivity index (χ0n) is 22.2. The van der Waals surface area contributed by atoms with E-state index in [1.165, 1.54) is 7.11 Å². The molecule has 2 aliphatic heterocycles. The molecule has 0 radical (unpaired) electrons. The molecule has 3 aromatic carbocycles. The summed E-state index contributed by atoms with van der Waals surface area (Å²) in [7, 11) is 3.14. The normalized spacial score (nSPS) is 20.9. The van der Waals surface area contributed by atoms with Crippen molar-refractivity contribution in [3.8, 4) is 45.6 Å². The van der Waals surface area contributed by atoms with Gasteiger partial charge in [0.15, 0.2) is 11.5 Å². The highest BCUT2D eigenvalue weighted by Crippen LogP contribution is 2.55. The van der Waals surface area contributed by atoms with Gasteiger partial charge in [0.25, 0.3) is 0 Å². The van der Waals surface area contributed by atoms with E-state index in [0.29, 0.717) is 36.0 Å². The summed E-state index contributed by atoms with van der Waals surface area (Å²) >= 11 is 0. The molecular weight excluding hydrogens is 498 g/mol. The van der Waals surface area contributed by atoms with Crippen LogP contribution in [0.4, 0.5) is 5.69 Å². The number of ether oxygens (including phenoxy) is 4. The quantitative estimate of drug-likeness (QED) is 0.350. The van der Waals surface area contributed by atoms with Crippen LogP contribution in [-0.2, 0) is 19.4 Å². The Morgan fingerprint density at radius 1 is 0.872 bits per heavy atom. The number of aliphatic hydroxyl groups is 1. The molecule has 2 atom stereocenters. The van der Waals surface area contributed by atoms with Gasteiger partial charge in [0.05, 0.1) is 33.0 Å². The third-order valence-corrected chi connectivity index (χ3v) is 8.87. The molecule has 2 heterocycles. The van der Waals surface area contributed by atoms with Gasteiger partial charge in [0.1, 0.15) is 17.2 Å². The molecule has 7 rings (SSSR count). The Balaban J connectivity index is 1.33. The first-order valence-electron chi connectivity index (χ1n) is 13.7. The predicted octanol–water partition coefficient (Wildman–Crippen LogP) is 5.34. The van der Waals surface area contributed by atoms with E-state index in [-0.39, 0.29) is 30.1 Å². The van der Waals surface area contributed by atoms with Crippen LogP contribution in [0.3, 0.4) is 0 Å². The first-order chi connectivity index (χ1) is 19.0. The highest BCUT2D eigenvalue weighted by atomic mass is 16.5. The molecule has 0 spiro atoms. The fraction of sp³-hybridized carbons (Fsp3) is 0.419. The molecule has 39 heavy (non-hydrogen) atoms. The number of aromatic hydroxyl groups is 2. The van der Waals surface area contributed by atoms with Crippen molar-refractivity contribution >= 4 is 5.69 Å². The lowest BCUT2D eigenvalue weighted by atomic mass is 9.74. The second-order valence-corrected chi connectivity index (χ2v) is 10.9. The largest absolute Gasteiger partial charge is 0.507 e. The molecule has 4 N–H and O–H groups in total. The number of methoxy groups -OCH3 is 2. The van der Waals surface area contributed by atoms with E-state index in [1.807, 2.05) is 12.1 Å². The van der Waals surface area contributed by atoms with Crippen LogP contribution >= 0.6 is 0 Å². The Morgan fingerprint density at radius 2 is 1.62 bits per heavy atom. The van der Waals surface area contributed by atoms with Gasteiger partial charge >= 0.3 is 0 Å². The molecule has 1 saturated carbocycles. The Morgan fingerprint density at radius 3 is 2.38 bits per heavy atom. The molecule has 4 aliphatic rings. The summed E-state index contributed by atoms with van der Waals surface area (Å²) in [6.07, 6.45) is 4.82. The lowest BCUT2D eigenvalue weighted by molar-refractivity contribution is 0.0876. The molecule has 0 bridgehead atoms. The van der Waals surface area contributed by atoms with Gasteiger partial charge in [-0.3, -0.25) is 0 Å². The van der Waals surface area contributed by atoms with Crippen molar-refractivity contribution in [2.45, 2.75) is 63.2 Å². The lowest BCUT2D eigenvalue weighted by Crippen LogP contribution is -2.28. The second-order valence-electron chi connectivity index (χ2n) is 10.9. The number of nitrogens with one attached hydrogen (secondary N) is 1. The molecule has 2 aliphatic carbocycles. The van der Waals surface area contributed by atoms with E-state index in [1.54, 1.807) is 19.2 Å². The molecule has 8 heteroatoms. The Bertz CT molecular complexity index is 1480. The van der Waals surface area contributed by atoms with Crippen molar-refractivity contribution in [3.05, 3.63) is 52.1 Å². The maximum Gasteiger partial charge on any atom is 0.200 e. The average molecular weight is 532 g/mol. The van der Waals surface area contributed by atoms with E-state index in [9.17, 15) is 15.3 Å². The Labute approximate surface area is 227 Å². The van der Waals surface area contributed by atoms with Crippen LogP contribution in [0.1, 0.15) is 65.5 Å². The van der Waals surface area contributed by atoms with Crippen LogP contribution in [0.15, 0.2) is 24.3 Å². The molecule has 0 saturated heterocycles. The first kappa shape index (κ1) is 24.3. The third-order valence-electron chi connectivity index (χ3n) is 8.87. The van der Waals surface area contributed by atoms with Gasteiger partial charge in [-0.05, 0) is 67.3 Å². The van der Waals surface area contributed by atoms with Crippen LogP contribution in [0, 0.1) is 0 Å². The molecule has 8 nitrogen and oxygen atoms in total. The maximum atomic E-state index is 11.9. The van der Waals surface area contributed by atoms with Crippen molar-refractivity contribution in [3.63, 3.8) is 0 Å². The van der Waals surface area contributed by atoms with Gasteiger partial charge in [-0.1, -0.05) is 0 Å². The van der Waals surface area contributed by atoms with Crippen molar-refractivity contribution in [2.75, 3.05) is 26.1 Å². The van der Waals surface area contributed by atoms with Crippen LogP contribution < -0.4 is 24.3 Å². The molecule has 0 unspecified atom stereocenters. The van der Waals surface area contributed by atoms with Gasteiger partial charge < -0.3 is 39.6 Å². The SMILES string of the molecule is COc1cc([C@@H]2COc3cc4c5c(c3[C@H]2O)CCc2c(OC)cc(O)c(c2-5)CN4)cc(OC2CCCC2)c1O. The van der Waals surface area contributed by atoms with E-state index in [2.05, 4.69) is 5.32 Å². The molecule has 0 aromatic heterocycles. The summed E-state index contributed by atoms with van der Waals surface area (Å²) in [5.74, 6) is 1.85. The second kappa shape index (κ2) is 9.16. The topological polar surface area (TPSA) is 110 Å². The Kier molecular flexibility index (Phi) is 5.70. The third kappa shape index (κ3) is 3.68. The minimum absolute atomic E-state index is 0.0205. The van der Waals surface area contributed by atoms with Gasteiger partial charge in [-0.15, -0.1) is 0 Å². The Hall–Kier alpha value is -3.78. The van der Waals surface area contributed by atoms with E-state index in [0.717, 1.165) is 76.7 Å². The summed E-state index contributed by atoms with van der Waals surface area (Å²) in [5.41, 5.74) is 7.46. The lowest BCUT2D eigenvalue weighted by Gasteiger charge is -2.38. The monoisotopic (exact) mass is 531 g/mol. The van der Waals surface area contributed by atoms with Crippen molar-refractivity contribution in [1.29, 1.82) is 0 Å². The molecular formula is C31H33NO7. The molecule has 1 fully saturated rings. The van der Waals surface area contributed by atoms with Crippen LogP contribution in [-0.4, -0.2) is 42.3 Å². The van der Waals surface area contributed by atoms with Gasteiger partial charge in [-0.2, -0.15) is 0 Å². The van der Waals surface area contributed by atoms with E-state index < -0.39 is 6.10 Å². The molecule has 3 aromatic rings. The predicted molar refractivity (Wildman–Crippen MR) is 146 cm³/mol. The fourth-order valence-electron chi connectivity index (χ4n) is 6.93. The van der Waals surface area contributed by atoms with Crippen LogP contribution in [0.25, 0.3) is 11.1 Å². The van der Waals surface area contributed by atoms with E-state index >= 15 is 0 Å². The van der Waals surface area contributed by atoms with Gasteiger partial charge in [-0.25, -0.2) is 0 Å². The van der Waals surface area contributed by atoms with Crippen molar-refractivity contribution in [1.82, 2.24) is 0 Å². The number of phenols is 2. The number of aliphatic hydroxyl groups excluding tert-OH is 1. The van der Waals surface area contributed by atoms with Crippen molar-refractivity contribution in [2.24, 2.45) is 0 Å². The average Bonchev–Trinajstić information content (AvgIpc) is 3.46. The standard InChI is InChI=1S/C31H33NO7/c1-36-23-12-22(33)19-13-32-21-11-24-29(18-8-7-17(23)27(19)28(18)21)30(34)20(14-38-24)15-9-25(37-2)31(35)26(10-15)39-16-5-3-4-6-16/h9-12,16,20,30,32-35H,3-8,13-14H2,1-2H3/t20-,30-/m0/s1. The summed E-state index contributed by atoms with van der Waals surface area (Å²) in [6, 6.07) is 7.25. The number of phenolic OH excluding ortho intramolecular Hbond substituents is 2. The smallest absolute Gasteiger partial charge is 0.200 e. The minimum atomic E-state index is -0.839. The zero-order chi connectivity index (χ0) is 26.8. The number of benzene rings is 3. The number of hydrogen-bond donors (Lipinski definition) is 4. The highest BCUT2D eigenvalue weighted by molar-refractivity contribution is 5.93. The number of rotatable bonds is 5. The van der Waals surface area contributed by atoms with Crippen LogP contribution in [0.2, 0.25) is 0 Å². The zero-order valence-corrected chi connectivity index (χ0v) is 22.2. The fourth-order valence-corrected chi connectivity index (χ4v) is 6.93. The summed E-state index contributed by atoms with van der Waals surface area (Å²) in [4.78, 5) is 0.